The Bertz CT molecular complexity index is 1600. The van der Waals surface area contributed by atoms with Crippen molar-refractivity contribution in [2.24, 2.45) is 0 Å². The fourth-order valence-electron chi connectivity index (χ4n) is 6.17. The van der Waals surface area contributed by atoms with Gasteiger partial charge in [0.15, 0.2) is 11.3 Å². The van der Waals surface area contributed by atoms with E-state index in [0.29, 0.717) is 22.7 Å². The first-order valence-electron chi connectivity index (χ1n) is 13.6. The van der Waals surface area contributed by atoms with Crippen molar-refractivity contribution in [3.63, 3.8) is 0 Å². The van der Waals surface area contributed by atoms with Crippen molar-refractivity contribution in [3.05, 3.63) is 59.6 Å². The first-order chi connectivity index (χ1) is 19.7. The summed E-state index contributed by atoms with van der Waals surface area (Å²) in [6, 6.07) is 9.63. The van der Waals surface area contributed by atoms with Crippen molar-refractivity contribution in [3.8, 4) is 17.0 Å². The Labute approximate surface area is 231 Å². The van der Waals surface area contributed by atoms with Crippen LogP contribution in [0.4, 0.5) is 19.0 Å². The number of halogens is 3. The Kier molecular flexibility index (Phi) is 6.14. The molecule has 0 amide bonds. The van der Waals surface area contributed by atoms with Gasteiger partial charge < -0.3 is 24.0 Å². The van der Waals surface area contributed by atoms with Gasteiger partial charge in [0.1, 0.15) is 23.0 Å². The molecule has 10 nitrogen and oxygen atoms in total. The Morgan fingerprint density at radius 3 is 2.56 bits per heavy atom. The van der Waals surface area contributed by atoms with E-state index < -0.39 is 12.3 Å². The lowest BCUT2D eigenvalue weighted by Gasteiger charge is -2.39. The molecule has 1 N–H and O–H groups in total. The van der Waals surface area contributed by atoms with E-state index >= 15 is 0 Å². The molecule has 5 heterocycles. The molecule has 0 radical (unpaired) electrons. The highest BCUT2D eigenvalue weighted by atomic mass is 19.4. The largest absolute Gasteiger partial charge is 0.573 e. The number of carboxylic acid groups (broad SMARTS) is 1. The van der Waals surface area contributed by atoms with Crippen molar-refractivity contribution >= 4 is 17.4 Å². The number of aromatic carboxylic acids is 1. The van der Waals surface area contributed by atoms with Crippen LogP contribution >= 0.6 is 0 Å². The maximum Gasteiger partial charge on any atom is 0.573 e. The summed E-state index contributed by atoms with van der Waals surface area (Å²) >= 11 is 0. The van der Waals surface area contributed by atoms with Crippen LogP contribution in [0, 0.1) is 0 Å². The van der Waals surface area contributed by atoms with Crippen molar-refractivity contribution < 1.29 is 37.1 Å². The van der Waals surface area contributed by atoms with Gasteiger partial charge in [-0.3, -0.25) is 0 Å². The number of alkyl halides is 3. The molecule has 3 aromatic heterocycles. The molecular weight excluding hydrogens is 543 g/mol. The summed E-state index contributed by atoms with van der Waals surface area (Å²) in [5, 5.41) is 17.4. The number of piperidine rings is 1. The summed E-state index contributed by atoms with van der Waals surface area (Å²) < 4.78 is 57.1. The number of carboxylic acids is 1. The van der Waals surface area contributed by atoms with E-state index in [9.17, 15) is 23.1 Å². The van der Waals surface area contributed by atoms with Crippen LogP contribution in [-0.2, 0) is 11.3 Å². The molecule has 0 spiro atoms. The summed E-state index contributed by atoms with van der Waals surface area (Å²) in [5.41, 5.74) is 1.60. The molecule has 2 aliphatic heterocycles. The number of nitrogens with zero attached hydrogens (tertiary/aromatic N) is 5. The molecular formula is C28H26F3N5O5. The smallest absolute Gasteiger partial charge is 0.476 e. The number of ether oxygens (including phenoxy) is 2. The number of aromatic nitrogens is 4. The number of hydrogen-bond acceptors (Lipinski definition) is 8. The molecule has 1 aromatic carbocycles. The van der Waals surface area contributed by atoms with E-state index in [0.717, 1.165) is 44.3 Å². The number of fused-ring (bicyclic) bond motifs is 3. The normalized spacial score (nSPS) is 22.4. The summed E-state index contributed by atoms with van der Waals surface area (Å²) in [5.74, 6) is 0.198. The predicted molar refractivity (Wildman–Crippen MR) is 138 cm³/mol. The molecule has 4 aromatic rings. The van der Waals surface area contributed by atoms with Crippen LogP contribution < -0.4 is 9.64 Å². The minimum atomic E-state index is -4.83. The summed E-state index contributed by atoms with van der Waals surface area (Å²) in [4.78, 5) is 18.3. The van der Waals surface area contributed by atoms with E-state index in [4.69, 9.17) is 9.26 Å². The Hall–Kier alpha value is -4.13. The van der Waals surface area contributed by atoms with E-state index in [1.807, 2.05) is 6.07 Å². The van der Waals surface area contributed by atoms with Crippen molar-refractivity contribution in [1.29, 1.82) is 0 Å². The fraction of sp³-hybridized carbons (Fsp3) is 0.429. The van der Waals surface area contributed by atoms with Crippen LogP contribution in [0.2, 0.25) is 0 Å². The third-order valence-electron chi connectivity index (χ3n) is 8.08. The maximum atomic E-state index is 13.1. The average Bonchev–Trinajstić information content (AvgIpc) is 3.44. The number of hydrogen-bond donors (Lipinski definition) is 1. The Morgan fingerprint density at radius 1 is 1.10 bits per heavy atom. The van der Waals surface area contributed by atoms with Crippen molar-refractivity contribution in [2.45, 2.75) is 75.6 Å². The molecule has 214 valence electrons. The summed E-state index contributed by atoms with van der Waals surface area (Å²) in [6.07, 6.45) is 2.18. The monoisotopic (exact) mass is 569 g/mol. The zero-order chi connectivity index (χ0) is 28.3. The molecule has 3 atom stereocenters. The van der Waals surface area contributed by atoms with E-state index in [-0.39, 0.29) is 47.7 Å². The molecule has 3 aliphatic rings. The zero-order valence-electron chi connectivity index (χ0n) is 21.8. The van der Waals surface area contributed by atoms with E-state index in [1.165, 1.54) is 22.7 Å². The molecule has 2 bridgehead atoms. The molecule has 1 aliphatic carbocycles. The van der Waals surface area contributed by atoms with Gasteiger partial charge >= 0.3 is 12.3 Å². The van der Waals surface area contributed by atoms with Gasteiger partial charge in [-0.2, -0.15) is 5.10 Å². The minimum Gasteiger partial charge on any atom is -0.476 e. The van der Waals surface area contributed by atoms with Gasteiger partial charge in [0.25, 0.3) is 0 Å². The second-order valence-electron chi connectivity index (χ2n) is 10.8. The SMILES string of the molecule is O=C(O)c1cc2nc(N3[C@@H]4CC[C@H]3CC(OCc3c(-c5ccccc5OC(F)(F)F)noc3C3CC3)C4)ccn2n1. The van der Waals surface area contributed by atoms with Gasteiger partial charge in [-0.05, 0) is 56.7 Å². The van der Waals surface area contributed by atoms with Gasteiger partial charge in [0.2, 0.25) is 0 Å². The average molecular weight is 570 g/mol. The standard InChI is InChI=1S/C28H26F3N5O5/c29-28(30,31)40-22-4-2-1-3-19(22)25-20(26(41-34-25)15-5-6-15)14-39-18-11-16-7-8-17(12-18)36(16)23-9-10-35-24(32-23)13-21(33-35)27(37)38/h1-4,9-10,13,15-18H,5-8,11-12,14H2,(H,37,38)/t16-,17+,18?. The maximum absolute atomic E-state index is 13.1. The minimum absolute atomic E-state index is 0.0578. The van der Waals surface area contributed by atoms with Crippen LogP contribution in [0.15, 0.2) is 47.1 Å². The first kappa shape index (κ1) is 25.8. The van der Waals surface area contributed by atoms with Gasteiger partial charge in [0.05, 0.1) is 12.7 Å². The second kappa shape index (κ2) is 9.75. The summed E-state index contributed by atoms with van der Waals surface area (Å²) in [7, 11) is 0. The summed E-state index contributed by atoms with van der Waals surface area (Å²) in [6.45, 7) is 0.174. The fourth-order valence-corrected chi connectivity index (χ4v) is 6.17. The lowest BCUT2D eigenvalue weighted by Crippen LogP contribution is -2.46. The second-order valence-corrected chi connectivity index (χ2v) is 10.8. The van der Waals surface area contributed by atoms with Crippen LogP contribution in [0.1, 0.15) is 66.3 Å². The molecule has 1 unspecified atom stereocenters. The molecule has 13 heteroatoms. The number of anilines is 1. The van der Waals surface area contributed by atoms with Crippen LogP contribution in [-0.4, -0.2) is 55.4 Å². The number of para-hydroxylation sites is 1. The highest BCUT2D eigenvalue weighted by Gasteiger charge is 2.42. The van der Waals surface area contributed by atoms with Gasteiger partial charge in [-0.15, -0.1) is 13.2 Å². The number of carbonyl (C=O) groups is 1. The van der Waals surface area contributed by atoms with Crippen LogP contribution in [0.25, 0.3) is 16.9 Å². The topological polar surface area (TPSA) is 115 Å². The van der Waals surface area contributed by atoms with E-state index in [2.05, 4.69) is 24.9 Å². The quantitative estimate of drug-likeness (QED) is 0.291. The lowest BCUT2D eigenvalue weighted by molar-refractivity contribution is -0.274. The van der Waals surface area contributed by atoms with Gasteiger partial charge in [-0.1, -0.05) is 17.3 Å². The molecule has 7 rings (SSSR count). The van der Waals surface area contributed by atoms with E-state index in [1.54, 1.807) is 18.3 Å². The van der Waals surface area contributed by atoms with Crippen LogP contribution in [0.3, 0.4) is 0 Å². The molecule has 3 fully saturated rings. The van der Waals surface area contributed by atoms with Gasteiger partial charge in [0, 0.05) is 41.4 Å². The first-order valence-corrected chi connectivity index (χ1v) is 13.6. The molecule has 41 heavy (non-hydrogen) atoms. The highest BCUT2D eigenvalue weighted by Crippen LogP contribution is 2.46. The zero-order valence-corrected chi connectivity index (χ0v) is 21.8. The molecule has 2 saturated heterocycles. The predicted octanol–water partition coefficient (Wildman–Crippen LogP) is 5.58. The Balaban J connectivity index is 1.09. The number of benzene rings is 1. The molecule has 1 saturated carbocycles. The third-order valence-corrected chi connectivity index (χ3v) is 8.08. The lowest BCUT2D eigenvalue weighted by atomic mass is 9.99. The third kappa shape index (κ3) is 4.98. The number of rotatable bonds is 8. The van der Waals surface area contributed by atoms with Gasteiger partial charge in [-0.25, -0.2) is 14.3 Å². The van der Waals surface area contributed by atoms with Crippen LogP contribution in [0.5, 0.6) is 5.75 Å². The highest BCUT2D eigenvalue weighted by molar-refractivity contribution is 5.86. The van der Waals surface area contributed by atoms with Crippen molar-refractivity contribution in [1.82, 2.24) is 19.8 Å². The van der Waals surface area contributed by atoms with Crippen molar-refractivity contribution in [2.75, 3.05) is 4.90 Å². The Morgan fingerprint density at radius 2 is 1.85 bits per heavy atom.